The van der Waals surface area contributed by atoms with E-state index in [2.05, 4.69) is 4.98 Å². The van der Waals surface area contributed by atoms with Gasteiger partial charge in [0.25, 0.3) is 0 Å². The van der Waals surface area contributed by atoms with Crippen molar-refractivity contribution in [2.24, 2.45) is 0 Å². The number of H-pyrrole nitrogens is 1. The summed E-state index contributed by atoms with van der Waals surface area (Å²) in [6, 6.07) is 5.86. The molecule has 0 saturated heterocycles. The minimum absolute atomic E-state index is 1.88. The smallest absolute Gasteiger partial charge is 0.402 e. The molecule has 206 valence electrons. The van der Waals surface area contributed by atoms with E-state index < -0.39 is 63.8 Å². The molecule has 1 aromatic heterocycles. The van der Waals surface area contributed by atoms with Gasteiger partial charge < -0.3 is 4.55 Å². The maximum Gasteiger partial charge on any atom is 0.402 e. The Morgan fingerprint density at radius 1 is 0.657 bits per heavy atom. The van der Waals surface area contributed by atoms with Crippen molar-refractivity contribution in [3.63, 3.8) is 0 Å². The van der Waals surface area contributed by atoms with E-state index in [1.54, 1.807) is 0 Å². The topological polar surface area (TPSA) is 71.3 Å². The van der Waals surface area contributed by atoms with Crippen molar-refractivity contribution >= 4 is 10.1 Å². The molecule has 1 rings (SSSR count). The maximum atomic E-state index is 13.1. The summed E-state index contributed by atoms with van der Waals surface area (Å²) in [6.45, 7) is 0. The van der Waals surface area contributed by atoms with Gasteiger partial charge in [-0.15, -0.1) is 0 Å². The van der Waals surface area contributed by atoms with Gasteiger partial charge in [-0.25, -0.2) is 17.8 Å². The predicted octanol–water partition coefficient (Wildman–Crippen LogP) is 5.09. The standard InChI is InChI=1S/C9H4F16O3S.C5H5N/c10-2(1-3(11,12)13)4(14,15)5(16,17)6(18,19)7(20,21)8(22,23)9(24,25)29(26,27)28;1-2-4-6-5-3-1/h2H,1H2,(H,26,27,28);1-5H. The van der Waals surface area contributed by atoms with Crippen molar-refractivity contribution in [2.45, 2.75) is 53.6 Å². The van der Waals surface area contributed by atoms with Crippen LogP contribution in [-0.4, -0.2) is 60.2 Å². The van der Waals surface area contributed by atoms with Gasteiger partial charge >= 0.3 is 41.0 Å². The Morgan fingerprint density at radius 2 is 1.03 bits per heavy atom. The molecule has 0 aliphatic carbocycles. The van der Waals surface area contributed by atoms with Crippen molar-refractivity contribution in [1.29, 1.82) is 0 Å². The lowest BCUT2D eigenvalue weighted by atomic mass is 9.91. The van der Waals surface area contributed by atoms with Gasteiger partial charge in [-0.1, -0.05) is 6.07 Å². The first-order valence-electron chi connectivity index (χ1n) is 7.97. The summed E-state index contributed by atoms with van der Waals surface area (Å²) in [7, 11) is -8.03. The highest BCUT2D eigenvalue weighted by Crippen LogP contribution is 2.61. The van der Waals surface area contributed by atoms with Crippen LogP contribution in [-0.2, 0) is 10.1 Å². The van der Waals surface area contributed by atoms with Crippen LogP contribution in [0.4, 0.5) is 70.2 Å². The first-order chi connectivity index (χ1) is 15.1. The lowest BCUT2D eigenvalue weighted by Crippen LogP contribution is -2.72. The second kappa shape index (κ2) is 9.77. The molecule has 1 aromatic rings. The lowest BCUT2D eigenvalue weighted by Gasteiger charge is -2.42. The molecule has 0 fully saturated rings. The summed E-state index contributed by atoms with van der Waals surface area (Å²) < 4.78 is 234. The number of rotatable bonds is 8. The lowest BCUT2D eigenvalue weighted by molar-refractivity contribution is -0.422. The van der Waals surface area contributed by atoms with Crippen LogP contribution in [0.15, 0.2) is 30.6 Å². The highest BCUT2D eigenvalue weighted by atomic mass is 32.2. The Balaban J connectivity index is 0.00000166. The van der Waals surface area contributed by atoms with Crippen molar-refractivity contribution in [2.75, 3.05) is 0 Å². The summed E-state index contributed by atoms with van der Waals surface area (Å²) >= 11 is 0. The number of aromatic amines is 1. The number of alkyl halides is 16. The average Bonchev–Trinajstić information content (AvgIpc) is 2.66. The van der Waals surface area contributed by atoms with Crippen LogP contribution in [0.1, 0.15) is 6.42 Å². The summed E-state index contributed by atoms with van der Waals surface area (Å²) in [6.07, 6.45) is -11.6. The molecule has 1 N–H and O–H groups in total. The zero-order valence-electron chi connectivity index (χ0n) is 15.9. The SMILES string of the molecule is O=S(=O)([O-])C(F)(F)C(F)(F)C(F)(F)C(F)(F)C(F)(F)C(F)(F)C(F)CC(F)(F)F.c1cc[nH+]cc1. The second-order valence-corrected chi connectivity index (χ2v) is 7.68. The fraction of sp³-hybridized carbons (Fsp3) is 0.643. The number of pyridine rings is 1. The molecule has 0 aliphatic rings. The third kappa shape index (κ3) is 6.02. The van der Waals surface area contributed by atoms with Gasteiger partial charge in [-0.05, 0) is 0 Å². The third-order valence-corrected chi connectivity index (χ3v) is 4.58. The zero-order chi connectivity index (χ0) is 28.5. The average molecular weight is 575 g/mol. The minimum Gasteiger partial charge on any atom is -0.743 e. The molecule has 0 saturated carbocycles. The van der Waals surface area contributed by atoms with E-state index in [9.17, 15) is 83.2 Å². The van der Waals surface area contributed by atoms with Gasteiger partial charge in [-0.3, -0.25) is 0 Å². The zero-order valence-corrected chi connectivity index (χ0v) is 16.7. The van der Waals surface area contributed by atoms with Crippen molar-refractivity contribution in [3.05, 3.63) is 30.6 Å². The highest BCUT2D eigenvalue weighted by molar-refractivity contribution is 7.86. The first kappa shape index (κ1) is 32.9. The van der Waals surface area contributed by atoms with Crippen LogP contribution in [0.2, 0.25) is 0 Å². The normalized spacial score (nSPS) is 15.8. The van der Waals surface area contributed by atoms with E-state index in [0.717, 1.165) is 0 Å². The summed E-state index contributed by atoms with van der Waals surface area (Å²) in [5, 5.41) is -7.81. The molecule has 21 heteroatoms. The van der Waals surface area contributed by atoms with E-state index in [-0.39, 0.29) is 0 Å². The summed E-state index contributed by atoms with van der Waals surface area (Å²) in [5.74, 6) is -41.1. The maximum absolute atomic E-state index is 13.1. The molecule has 4 nitrogen and oxygen atoms in total. The molecule has 0 radical (unpaired) electrons. The number of hydrogen-bond donors (Lipinski definition) is 0. The molecular weight excluding hydrogens is 566 g/mol. The monoisotopic (exact) mass is 575 g/mol. The number of halogens is 16. The molecule has 1 atom stereocenters. The Kier molecular flexibility index (Phi) is 9.20. The summed E-state index contributed by atoms with van der Waals surface area (Å²) in [5.41, 5.74) is 0. The third-order valence-electron chi connectivity index (χ3n) is 3.69. The number of aromatic nitrogens is 1. The van der Waals surface area contributed by atoms with E-state index in [4.69, 9.17) is 0 Å². The van der Waals surface area contributed by atoms with Gasteiger partial charge in [0.05, 0.1) is 6.42 Å². The van der Waals surface area contributed by atoms with Crippen LogP contribution < -0.4 is 4.98 Å². The Hall–Kier alpha value is -2.06. The van der Waals surface area contributed by atoms with Crippen LogP contribution in [0.25, 0.3) is 0 Å². The van der Waals surface area contributed by atoms with Gasteiger partial charge in [0.1, 0.15) is 0 Å². The van der Waals surface area contributed by atoms with Crippen LogP contribution in [0, 0.1) is 0 Å². The quantitative estimate of drug-likeness (QED) is 0.321. The molecule has 35 heavy (non-hydrogen) atoms. The number of hydrogen-bond acceptors (Lipinski definition) is 3. The van der Waals surface area contributed by atoms with Crippen LogP contribution in [0.3, 0.4) is 0 Å². The van der Waals surface area contributed by atoms with E-state index >= 15 is 0 Å². The fourth-order valence-electron chi connectivity index (χ4n) is 1.81. The van der Waals surface area contributed by atoms with E-state index in [0.29, 0.717) is 0 Å². The van der Waals surface area contributed by atoms with Crippen LogP contribution in [0.5, 0.6) is 0 Å². The van der Waals surface area contributed by atoms with E-state index in [1.165, 1.54) is 0 Å². The predicted molar refractivity (Wildman–Crippen MR) is 77.9 cm³/mol. The molecule has 0 bridgehead atoms. The summed E-state index contributed by atoms with van der Waals surface area (Å²) in [4.78, 5) is 2.89. The Bertz CT molecular complexity index is 906. The van der Waals surface area contributed by atoms with Gasteiger partial charge in [0.2, 0.25) is 0 Å². The number of nitrogens with one attached hydrogen (secondary N) is 1. The van der Waals surface area contributed by atoms with Gasteiger partial charge in [0, 0.05) is 12.1 Å². The molecule has 0 aromatic carbocycles. The molecular formula is C14H9F16NO3S. The first-order valence-corrected chi connectivity index (χ1v) is 9.38. The Labute approximate surface area is 183 Å². The fourth-order valence-corrected chi connectivity index (χ4v) is 2.26. The minimum atomic E-state index is -8.54. The highest BCUT2D eigenvalue weighted by Gasteiger charge is 2.91. The largest absolute Gasteiger partial charge is 0.743 e. The van der Waals surface area contributed by atoms with Gasteiger partial charge in [-0.2, -0.15) is 65.9 Å². The molecule has 0 aliphatic heterocycles. The molecule has 0 spiro atoms. The van der Waals surface area contributed by atoms with Crippen molar-refractivity contribution in [1.82, 2.24) is 0 Å². The van der Waals surface area contributed by atoms with Crippen molar-refractivity contribution < 1.29 is 88.2 Å². The second-order valence-electron chi connectivity index (χ2n) is 6.26. The Morgan fingerprint density at radius 3 is 1.29 bits per heavy atom. The molecule has 0 amide bonds. The molecule has 1 unspecified atom stereocenters. The molecule has 1 heterocycles. The van der Waals surface area contributed by atoms with Gasteiger partial charge in [0.15, 0.2) is 28.7 Å². The van der Waals surface area contributed by atoms with Crippen LogP contribution >= 0.6 is 0 Å². The van der Waals surface area contributed by atoms with E-state index in [1.807, 2.05) is 30.6 Å². The van der Waals surface area contributed by atoms with Crippen molar-refractivity contribution in [3.8, 4) is 0 Å².